The van der Waals surface area contributed by atoms with Crippen LogP contribution in [0.15, 0.2) is 54.6 Å². The summed E-state index contributed by atoms with van der Waals surface area (Å²) >= 11 is 1.35. The Morgan fingerprint density at radius 1 is 1.07 bits per heavy atom. The van der Waals surface area contributed by atoms with Crippen LogP contribution < -0.4 is 10.1 Å². The van der Waals surface area contributed by atoms with E-state index >= 15 is 0 Å². The highest BCUT2D eigenvalue weighted by Crippen LogP contribution is 2.40. The minimum Gasteiger partial charge on any atom is -0.484 e. The molecule has 0 atom stereocenters. The molecule has 0 aliphatic carbocycles. The van der Waals surface area contributed by atoms with Gasteiger partial charge in [0.1, 0.15) is 16.3 Å². The van der Waals surface area contributed by atoms with Crippen LogP contribution in [-0.4, -0.2) is 25.6 Å². The second-order valence-electron chi connectivity index (χ2n) is 7.16. The van der Waals surface area contributed by atoms with Crippen LogP contribution in [0, 0.1) is 6.92 Å². The number of nitrogens with one attached hydrogen (secondary N) is 1. The lowest BCUT2D eigenvalue weighted by Gasteiger charge is -2.11. The van der Waals surface area contributed by atoms with Crippen LogP contribution in [0.4, 0.5) is 5.00 Å². The number of ether oxygens (including phenoxy) is 2. The number of carbonyl (C=O) groups is 2. The van der Waals surface area contributed by atoms with Gasteiger partial charge in [-0.2, -0.15) is 0 Å². The monoisotopic (exact) mass is 423 g/mol. The Morgan fingerprint density at radius 2 is 1.80 bits per heavy atom. The number of hydrogen-bond donors (Lipinski definition) is 1. The summed E-state index contributed by atoms with van der Waals surface area (Å²) in [6, 6.07) is 17.3. The topological polar surface area (TPSA) is 64.6 Å². The number of aryl methyl sites for hydroxylation is 1. The summed E-state index contributed by atoms with van der Waals surface area (Å²) in [6.07, 6.45) is 0. The van der Waals surface area contributed by atoms with Crippen molar-refractivity contribution in [1.82, 2.24) is 0 Å². The zero-order chi connectivity index (χ0) is 21.7. The molecule has 5 nitrogen and oxygen atoms in total. The quantitative estimate of drug-likeness (QED) is 0.499. The second kappa shape index (κ2) is 9.59. The molecule has 0 spiro atoms. The fourth-order valence-corrected chi connectivity index (χ4v) is 4.24. The van der Waals surface area contributed by atoms with Crippen LogP contribution in [0.25, 0.3) is 11.1 Å². The summed E-state index contributed by atoms with van der Waals surface area (Å²) in [7, 11) is 1.33. The molecule has 1 N–H and O–H groups in total. The van der Waals surface area contributed by atoms with Gasteiger partial charge in [-0.1, -0.05) is 56.3 Å². The van der Waals surface area contributed by atoms with Gasteiger partial charge in [0.05, 0.1) is 7.11 Å². The third-order valence-corrected chi connectivity index (χ3v) is 5.70. The molecule has 0 radical (unpaired) electrons. The minimum absolute atomic E-state index is 0.153. The van der Waals surface area contributed by atoms with E-state index in [4.69, 9.17) is 9.47 Å². The zero-order valence-electron chi connectivity index (χ0n) is 17.5. The molecule has 0 saturated heterocycles. The average molecular weight is 424 g/mol. The van der Waals surface area contributed by atoms with Crippen LogP contribution in [0.2, 0.25) is 0 Å². The number of carbonyl (C=O) groups excluding carboxylic acids is 2. The van der Waals surface area contributed by atoms with E-state index in [-0.39, 0.29) is 12.5 Å². The number of benzene rings is 2. The molecule has 0 unspecified atom stereocenters. The third kappa shape index (κ3) is 4.89. The van der Waals surface area contributed by atoms with E-state index in [1.54, 1.807) is 0 Å². The molecule has 0 fully saturated rings. The largest absolute Gasteiger partial charge is 0.484 e. The van der Waals surface area contributed by atoms with Gasteiger partial charge in [-0.3, -0.25) is 4.79 Å². The fraction of sp³-hybridized carbons (Fsp3) is 0.250. The summed E-state index contributed by atoms with van der Waals surface area (Å²) in [5, 5.41) is 3.28. The third-order valence-electron chi connectivity index (χ3n) is 4.68. The Kier molecular flexibility index (Phi) is 6.90. The molecule has 1 heterocycles. The van der Waals surface area contributed by atoms with Crippen molar-refractivity contribution in [3.8, 4) is 16.9 Å². The Bertz CT molecular complexity index is 1040. The lowest BCUT2D eigenvalue weighted by molar-refractivity contribution is -0.118. The van der Waals surface area contributed by atoms with E-state index in [1.165, 1.54) is 18.4 Å². The molecular weight excluding hydrogens is 398 g/mol. The molecule has 2 aromatic carbocycles. The van der Waals surface area contributed by atoms with Gasteiger partial charge in [-0.25, -0.2) is 4.79 Å². The Morgan fingerprint density at radius 3 is 2.47 bits per heavy atom. The highest BCUT2D eigenvalue weighted by Gasteiger charge is 2.25. The molecule has 1 aromatic heterocycles. The van der Waals surface area contributed by atoms with Crippen LogP contribution >= 0.6 is 11.3 Å². The summed E-state index contributed by atoms with van der Waals surface area (Å²) < 4.78 is 10.6. The standard InChI is InChI=1S/C24H25NO4S/c1-15(2)18-11-8-12-19(13-18)29-14-20(26)25-23-22(24(27)28-4)21(16(3)30-23)17-9-6-5-7-10-17/h5-13,15H,14H2,1-4H3,(H,25,26). The van der Waals surface area contributed by atoms with Crippen molar-refractivity contribution in [2.45, 2.75) is 26.7 Å². The first kappa shape index (κ1) is 21.6. The predicted molar refractivity (Wildman–Crippen MR) is 120 cm³/mol. The maximum atomic E-state index is 12.5. The van der Waals surface area contributed by atoms with Crippen LogP contribution in [0.1, 0.15) is 40.6 Å². The van der Waals surface area contributed by atoms with Gasteiger partial charge in [0.15, 0.2) is 6.61 Å². The highest BCUT2D eigenvalue weighted by atomic mass is 32.1. The molecular formula is C24H25NO4S. The molecule has 1 amide bonds. The SMILES string of the molecule is COC(=O)c1c(NC(=O)COc2cccc(C(C)C)c2)sc(C)c1-c1ccccc1. The van der Waals surface area contributed by atoms with Gasteiger partial charge >= 0.3 is 5.97 Å². The lowest BCUT2D eigenvalue weighted by Crippen LogP contribution is -2.21. The van der Waals surface area contributed by atoms with Crippen molar-refractivity contribution in [2.75, 3.05) is 19.0 Å². The highest BCUT2D eigenvalue weighted by molar-refractivity contribution is 7.17. The molecule has 6 heteroatoms. The number of esters is 1. The maximum Gasteiger partial charge on any atom is 0.341 e. The Balaban J connectivity index is 1.80. The molecule has 3 rings (SSSR count). The van der Waals surface area contributed by atoms with Gasteiger partial charge in [-0.05, 0) is 36.1 Å². The summed E-state index contributed by atoms with van der Waals surface area (Å²) in [6.45, 7) is 5.97. The van der Waals surface area contributed by atoms with Crippen LogP contribution in [0.5, 0.6) is 5.75 Å². The van der Waals surface area contributed by atoms with Crippen LogP contribution in [0.3, 0.4) is 0 Å². The van der Waals surface area contributed by atoms with Crippen molar-refractivity contribution in [3.63, 3.8) is 0 Å². The van der Waals surface area contributed by atoms with E-state index in [0.29, 0.717) is 22.2 Å². The van der Waals surface area contributed by atoms with Crippen molar-refractivity contribution in [3.05, 3.63) is 70.6 Å². The lowest BCUT2D eigenvalue weighted by atomic mass is 10.0. The molecule has 3 aromatic rings. The molecule has 0 aliphatic heterocycles. The van der Waals surface area contributed by atoms with E-state index < -0.39 is 5.97 Å². The number of methoxy groups -OCH3 is 1. The number of rotatable bonds is 7. The second-order valence-corrected chi connectivity index (χ2v) is 8.38. The van der Waals surface area contributed by atoms with E-state index in [2.05, 4.69) is 19.2 Å². The van der Waals surface area contributed by atoms with Crippen molar-refractivity contribution in [2.24, 2.45) is 0 Å². The number of thiophene rings is 1. The van der Waals surface area contributed by atoms with Crippen molar-refractivity contribution >= 4 is 28.2 Å². The van der Waals surface area contributed by atoms with Crippen LogP contribution in [-0.2, 0) is 9.53 Å². The summed E-state index contributed by atoms with van der Waals surface area (Å²) in [5.74, 6) is 0.183. The molecule has 0 saturated carbocycles. The molecule has 0 aliphatic rings. The minimum atomic E-state index is -0.487. The van der Waals surface area contributed by atoms with Gasteiger partial charge in [0.2, 0.25) is 0 Å². The van der Waals surface area contributed by atoms with E-state index in [1.807, 2.05) is 61.5 Å². The van der Waals surface area contributed by atoms with Gasteiger partial charge in [0, 0.05) is 10.4 Å². The van der Waals surface area contributed by atoms with E-state index in [9.17, 15) is 9.59 Å². The number of amides is 1. The maximum absolute atomic E-state index is 12.5. The summed E-state index contributed by atoms with van der Waals surface area (Å²) in [5.41, 5.74) is 3.17. The molecule has 30 heavy (non-hydrogen) atoms. The van der Waals surface area contributed by atoms with E-state index in [0.717, 1.165) is 21.6 Å². The summed E-state index contributed by atoms with van der Waals surface area (Å²) in [4.78, 5) is 26.0. The molecule has 156 valence electrons. The normalized spacial score (nSPS) is 10.7. The van der Waals surface area contributed by atoms with Gasteiger partial charge in [-0.15, -0.1) is 11.3 Å². The zero-order valence-corrected chi connectivity index (χ0v) is 18.3. The van der Waals surface area contributed by atoms with Gasteiger partial charge in [0.25, 0.3) is 5.91 Å². The first-order valence-electron chi connectivity index (χ1n) is 9.70. The number of hydrogen-bond acceptors (Lipinski definition) is 5. The molecule has 0 bridgehead atoms. The van der Waals surface area contributed by atoms with Crippen molar-refractivity contribution < 1.29 is 19.1 Å². The predicted octanol–water partition coefficient (Wildman–Crippen LogP) is 5.65. The first-order valence-corrected chi connectivity index (χ1v) is 10.5. The smallest absolute Gasteiger partial charge is 0.341 e. The Labute approximate surface area is 180 Å². The number of anilines is 1. The average Bonchev–Trinajstić information content (AvgIpc) is 3.07. The van der Waals surface area contributed by atoms with Crippen molar-refractivity contribution in [1.29, 1.82) is 0 Å². The fourth-order valence-electron chi connectivity index (χ4n) is 3.16. The first-order chi connectivity index (χ1) is 14.4. The van der Waals surface area contributed by atoms with Gasteiger partial charge < -0.3 is 14.8 Å². The Hall–Kier alpha value is -3.12.